The summed E-state index contributed by atoms with van der Waals surface area (Å²) in [5.74, 6) is -2.06. The van der Waals surface area contributed by atoms with Crippen molar-refractivity contribution < 1.29 is 31.9 Å². The number of carbonyl (C=O) groups is 2. The molecular formula is C26H21F4N5O3. The number of aromatic nitrogens is 3. The van der Waals surface area contributed by atoms with Crippen molar-refractivity contribution in [2.24, 2.45) is 11.7 Å². The zero-order valence-electron chi connectivity index (χ0n) is 19.8. The van der Waals surface area contributed by atoms with Crippen LogP contribution in [-0.2, 0) is 23.9 Å². The number of rotatable bonds is 8. The molecule has 2 amide bonds. The van der Waals surface area contributed by atoms with E-state index in [2.05, 4.69) is 15.3 Å². The van der Waals surface area contributed by atoms with Crippen LogP contribution in [0, 0.1) is 11.7 Å². The van der Waals surface area contributed by atoms with Gasteiger partial charge < -0.3 is 15.0 Å². The second-order valence-electron chi connectivity index (χ2n) is 9.00. The van der Waals surface area contributed by atoms with Crippen LogP contribution in [0.5, 0.6) is 11.6 Å². The maximum absolute atomic E-state index is 14.7. The Kier molecular flexibility index (Phi) is 6.47. The van der Waals surface area contributed by atoms with E-state index in [0.717, 1.165) is 31.0 Å². The van der Waals surface area contributed by atoms with Gasteiger partial charge in [0, 0.05) is 12.7 Å². The predicted molar refractivity (Wildman–Crippen MR) is 129 cm³/mol. The smallest absolute Gasteiger partial charge is 0.416 e. The Hall–Kier alpha value is -4.48. The largest absolute Gasteiger partial charge is 0.435 e. The number of carbonyl (C=O) groups excluding carboxylic acids is 2. The summed E-state index contributed by atoms with van der Waals surface area (Å²) in [4.78, 5) is 32.5. The van der Waals surface area contributed by atoms with Crippen molar-refractivity contribution in [3.63, 3.8) is 0 Å². The SMILES string of the molecule is NC(=O)c1cccnc1Oc1ccc(CC(=O)Nc2nc3ccc(C(F)(F)F)cc3n2CC2CC2)cc1F. The molecule has 5 rings (SSSR count). The van der Waals surface area contributed by atoms with Crippen LogP contribution in [-0.4, -0.2) is 26.3 Å². The second kappa shape index (κ2) is 9.77. The molecule has 196 valence electrons. The lowest BCUT2D eigenvalue weighted by molar-refractivity contribution is -0.137. The van der Waals surface area contributed by atoms with E-state index in [0.29, 0.717) is 23.5 Å². The molecule has 8 nitrogen and oxygen atoms in total. The van der Waals surface area contributed by atoms with E-state index >= 15 is 0 Å². The van der Waals surface area contributed by atoms with Gasteiger partial charge >= 0.3 is 6.18 Å². The fourth-order valence-electron chi connectivity index (χ4n) is 3.99. The van der Waals surface area contributed by atoms with Crippen LogP contribution in [0.15, 0.2) is 54.7 Å². The van der Waals surface area contributed by atoms with Crippen LogP contribution >= 0.6 is 0 Å². The van der Waals surface area contributed by atoms with Crippen molar-refractivity contribution in [3.8, 4) is 11.6 Å². The summed E-state index contributed by atoms with van der Waals surface area (Å²) in [7, 11) is 0. The molecule has 38 heavy (non-hydrogen) atoms. The zero-order valence-corrected chi connectivity index (χ0v) is 19.8. The topological polar surface area (TPSA) is 112 Å². The molecule has 0 saturated heterocycles. The lowest BCUT2D eigenvalue weighted by atomic mass is 10.1. The standard InChI is InChI=1S/C26H21F4N5O3/c27-18-10-15(5-8-21(18)38-24-17(23(31)37)2-1-9-32-24)11-22(36)34-25-33-19-7-6-16(26(28,29)30)12-20(19)35(25)13-14-3-4-14/h1-2,5-10,12,14H,3-4,11,13H2,(H2,31,37)(H,33,34,36). The third-order valence-corrected chi connectivity index (χ3v) is 6.07. The van der Waals surface area contributed by atoms with Crippen molar-refractivity contribution >= 4 is 28.8 Å². The van der Waals surface area contributed by atoms with Crippen LogP contribution in [0.3, 0.4) is 0 Å². The van der Waals surface area contributed by atoms with Gasteiger partial charge in [0.05, 0.1) is 23.0 Å². The number of halogens is 4. The fraction of sp³-hybridized carbons (Fsp3) is 0.231. The van der Waals surface area contributed by atoms with Crippen molar-refractivity contribution in [1.29, 1.82) is 0 Å². The van der Waals surface area contributed by atoms with Crippen LogP contribution in [0.25, 0.3) is 11.0 Å². The minimum Gasteiger partial charge on any atom is -0.435 e. The molecule has 2 aromatic heterocycles. The maximum atomic E-state index is 14.7. The lowest BCUT2D eigenvalue weighted by Crippen LogP contribution is -2.18. The van der Waals surface area contributed by atoms with Gasteiger partial charge in [-0.15, -0.1) is 0 Å². The number of amides is 2. The number of alkyl halides is 3. The van der Waals surface area contributed by atoms with Gasteiger partial charge in [-0.25, -0.2) is 14.4 Å². The summed E-state index contributed by atoms with van der Waals surface area (Å²) >= 11 is 0. The van der Waals surface area contributed by atoms with Gasteiger partial charge in [0.15, 0.2) is 11.6 Å². The molecule has 0 spiro atoms. The number of ether oxygens (including phenoxy) is 1. The highest BCUT2D eigenvalue weighted by Crippen LogP contribution is 2.36. The highest BCUT2D eigenvalue weighted by molar-refractivity contribution is 5.95. The molecule has 2 heterocycles. The third kappa shape index (κ3) is 5.43. The number of nitrogens with two attached hydrogens (primary N) is 1. The van der Waals surface area contributed by atoms with Crippen molar-refractivity contribution in [2.45, 2.75) is 32.0 Å². The summed E-state index contributed by atoms with van der Waals surface area (Å²) in [5.41, 5.74) is 5.38. The number of hydrogen-bond donors (Lipinski definition) is 2. The van der Waals surface area contributed by atoms with Gasteiger partial charge in [0.2, 0.25) is 17.7 Å². The minimum absolute atomic E-state index is 0.0215. The summed E-state index contributed by atoms with van der Waals surface area (Å²) in [6, 6.07) is 9.99. The first-order valence-corrected chi connectivity index (χ1v) is 11.7. The molecule has 1 aliphatic rings. The molecule has 12 heteroatoms. The van der Waals surface area contributed by atoms with Crippen LogP contribution < -0.4 is 15.8 Å². The zero-order chi connectivity index (χ0) is 27.0. The second-order valence-corrected chi connectivity index (χ2v) is 9.00. The number of nitrogens with zero attached hydrogens (tertiary/aromatic N) is 3. The summed E-state index contributed by atoms with van der Waals surface area (Å²) in [5, 5.41) is 2.65. The quantitative estimate of drug-likeness (QED) is 0.311. The number of benzene rings is 2. The number of nitrogens with one attached hydrogen (secondary N) is 1. The van der Waals surface area contributed by atoms with Crippen LogP contribution in [0.1, 0.15) is 34.3 Å². The molecule has 1 aliphatic carbocycles. The molecule has 1 saturated carbocycles. The van der Waals surface area contributed by atoms with Crippen molar-refractivity contribution in [3.05, 3.63) is 77.2 Å². The molecule has 2 aromatic carbocycles. The summed E-state index contributed by atoms with van der Waals surface area (Å²) in [6.45, 7) is 0.425. The maximum Gasteiger partial charge on any atom is 0.416 e. The van der Waals surface area contributed by atoms with Crippen LogP contribution in [0.4, 0.5) is 23.5 Å². The average molecular weight is 527 g/mol. The molecule has 1 fully saturated rings. The molecule has 0 radical (unpaired) electrons. The van der Waals surface area contributed by atoms with E-state index in [-0.39, 0.29) is 35.1 Å². The first-order chi connectivity index (χ1) is 18.1. The number of imidazole rings is 1. The molecular weight excluding hydrogens is 506 g/mol. The van der Waals surface area contributed by atoms with Gasteiger partial charge in [-0.05, 0) is 66.8 Å². The van der Waals surface area contributed by atoms with Crippen molar-refractivity contribution in [1.82, 2.24) is 14.5 Å². The van der Waals surface area contributed by atoms with E-state index in [9.17, 15) is 27.2 Å². The Morgan fingerprint density at radius 1 is 1.13 bits per heavy atom. The Balaban J connectivity index is 1.34. The van der Waals surface area contributed by atoms with E-state index in [1.807, 2.05) is 0 Å². The third-order valence-electron chi connectivity index (χ3n) is 6.07. The first kappa shape index (κ1) is 25.2. The van der Waals surface area contributed by atoms with Gasteiger partial charge in [-0.1, -0.05) is 6.07 Å². The normalized spacial score (nSPS) is 13.5. The van der Waals surface area contributed by atoms with E-state index in [1.54, 1.807) is 4.57 Å². The van der Waals surface area contributed by atoms with Gasteiger partial charge in [0.1, 0.15) is 5.56 Å². The summed E-state index contributed by atoms with van der Waals surface area (Å²) in [6.07, 6.45) is -1.49. The molecule has 0 aliphatic heterocycles. The monoisotopic (exact) mass is 527 g/mol. The number of fused-ring (bicyclic) bond motifs is 1. The van der Waals surface area contributed by atoms with E-state index in [1.165, 1.54) is 36.5 Å². The van der Waals surface area contributed by atoms with Gasteiger partial charge in [-0.2, -0.15) is 13.2 Å². The lowest BCUT2D eigenvalue weighted by Gasteiger charge is -2.12. The Morgan fingerprint density at radius 2 is 1.92 bits per heavy atom. The van der Waals surface area contributed by atoms with E-state index in [4.69, 9.17) is 10.5 Å². The molecule has 4 aromatic rings. The van der Waals surface area contributed by atoms with Crippen LogP contribution in [0.2, 0.25) is 0 Å². The highest BCUT2D eigenvalue weighted by Gasteiger charge is 2.32. The Labute approximate surface area is 213 Å². The Bertz CT molecular complexity index is 1550. The summed E-state index contributed by atoms with van der Waals surface area (Å²) < 4.78 is 61.5. The average Bonchev–Trinajstić information content (AvgIpc) is 3.62. The highest BCUT2D eigenvalue weighted by atomic mass is 19.4. The fourth-order valence-corrected chi connectivity index (χ4v) is 3.99. The minimum atomic E-state index is -4.51. The van der Waals surface area contributed by atoms with Gasteiger partial charge in [-0.3, -0.25) is 14.9 Å². The number of anilines is 1. The van der Waals surface area contributed by atoms with E-state index < -0.39 is 29.4 Å². The number of pyridine rings is 1. The molecule has 0 atom stereocenters. The molecule has 3 N–H and O–H groups in total. The molecule has 0 bridgehead atoms. The van der Waals surface area contributed by atoms with Gasteiger partial charge in [0.25, 0.3) is 5.91 Å². The van der Waals surface area contributed by atoms with Crippen molar-refractivity contribution in [2.75, 3.05) is 5.32 Å². The molecule has 0 unspecified atom stereocenters. The number of hydrogen-bond acceptors (Lipinski definition) is 5. The Morgan fingerprint density at radius 3 is 2.61 bits per heavy atom. The predicted octanol–water partition coefficient (Wildman–Crippen LogP) is 5.07. The number of primary amides is 1. The first-order valence-electron chi connectivity index (χ1n) is 11.7.